The molecule has 0 aromatic carbocycles. The monoisotopic (exact) mass is 127 g/mol. The zero-order valence-corrected chi connectivity index (χ0v) is 6.00. The summed E-state index contributed by atoms with van der Waals surface area (Å²) in [7, 11) is 2.01. The first-order valence-corrected chi connectivity index (χ1v) is 3.43. The largest absolute Gasteiger partial charge is 0.302 e. The van der Waals surface area contributed by atoms with Crippen LogP contribution in [0, 0.1) is 0 Å². The van der Waals surface area contributed by atoms with Crippen molar-refractivity contribution in [1.29, 1.82) is 0 Å². The van der Waals surface area contributed by atoms with Crippen molar-refractivity contribution in [1.82, 2.24) is 4.90 Å². The SMILES string of the molecule is CC1CCC(C=O)N1C. The number of hydrogen-bond donors (Lipinski definition) is 0. The van der Waals surface area contributed by atoms with Gasteiger partial charge in [0.1, 0.15) is 6.29 Å². The van der Waals surface area contributed by atoms with Crippen molar-refractivity contribution in [2.24, 2.45) is 0 Å². The maximum Gasteiger partial charge on any atom is 0.137 e. The molecule has 0 aromatic heterocycles. The quantitative estimate of drug-likeness (QED) is 0.482. The highest BCUT2D eigenvalue weighted by atomic mass is 16.1. The van der Waals surface area contributed by atoms with Crippen molar-refractivity contribution in [3.05, 3.63) is 0 Å². The van der Waals surface area contributed by atoms with E-state index in [0.29, 0.717) is 6.04 Å². The van der Waals surface area contributed by atoms with Crippen LogP contribution in [0.25, 0.3) is 0 Å². The Morgan fingerprint density at radius 1 is 1.56 bits per heavy atom. The van der Waals surface area contributed by atoms with Gasteiger partial charge in [-0.15, -0.1) is 0 Å². The highest BCUT2D eigenvalue weighted by Crippen LogP contribution is 2.19. The van der Waals surface area contributed by atoms with Crippen molar-refractivity contribution >= 4 is 6.29 Å². The summed E-state index contributed by atoms with van der Waals surface area (Å²) in [4.78, 5) is 12.5. The van der Waals surface area contributed by atoms with Crippen LogP contribution in [0.1, 0.15) is 19.8 Å². The Morgan fingerprint density at radius 3 is 2.44 bits per heavy atom. The average Bonchev–Trinajstić information content (AvgIpc) is 2.15. The van der Waals surface area contributed by atoms with Crippen LogP contribution in [0.4, 0.5) is 0 Å². The number of rotatable bonds is 1. The minimum absolute atomic E-state index is 0.194. The number of likely N-dealkylation sites (tertiary alicyclic amines) is 1. The van der Waals surface area contributed by atoms with Gasteiger partial charge < -0.3 is 4.79 Å². The lowest BCUT2D eigenvalue weighted by molar-refractivity contribution is -0.111. The summed E-state index contributed by atoms with van der Waals surface area (Å²) in [5.41, 5.74) is 0. The van der Waals surface area contributed by atoms with E-state index in [1.54, 1.807) is 0 Å². The third kappa shape index (κ3) is 1.13. The Kier molecular flexibility index (Phi) is 1.86. The van der Waals surface area contributed by atoms with E-state index in [1.807, 2.05) is 7.05 Å². The van der Waals surface area contributed by atoms with E-state index in [2.05, 4.69) is 11.8 Å². The first-order valence-electron chi connectivity index (χ1n) is 3.43. The van der Waals surface area contributed by atoms with Crippen molar-refractivity contribution < 1.29 is 4.79 Å². The molecular formula is C7H13NO. The van der Waals surface area contributed by atoms with Gasteiger partial charge in [-0.3, -0.25) is 4.90 Å². The van der Waals surface area contributed by atoms with Gasteiger partial charge in [-0.1, -0.05) is 0 Å². The van der Waals surface area contributed by atoms with Crippen molar-refractivity contribution in [3.8, 4) is 0 Å². The van der Waals surface area contributed by atoms with E-state index in [9.17, 15) is 4.79 Å². The van der Waals surface area contributed by atoms with Gasteiger partial charge in [0.2, 0.25) is 0 Å². The van der Waals surface area contributed by atoms with Gasteiger partial charge in [-0.25, -0.2) is 0 Å². The first kappa shape index (κ1) is 6.75. The lowest BCUT2D eigenvalue weighted by atomic mass is 10.2. The summed E-state index contributed by atoms with van der Waals surface area (Å²) in [6, 6.07) is 0.792. The molecule has 0 spiro atoms. The van der Waals surface area contributed by atoms with Gasteiger partial charge in [0, 0.05) is 6.04 Å². The molecule has 0 amide bonds. The standard InChI is InChI=1S/C7H13NO/c1-6-3-4-7(5-9)8(6)2/h5-7H,3-4H2,1-2H3. The molecule has 2 nitrogen and oxygen atoms in total. The van der Waals surface area contributed by atoms with Crippen LogP contribution in [0.15, 0.2) is 0 Å². The van der Waals surface area contributed by atoms with Crippen LogP contribution in [0.3, 0.4) is 0 Å². The Morgan fingerprint density at radius 2 is 2.22 bits per heavy atom. The number of likely N-dealkylation sites (N-methyl/N-ethyl adjacent to an activating group) is 1. The van der Waals surface area contributed by atoms with Gasteiger partial charge in [-0.2, -0.15) is 0 Å². The second-order valence-electron chi connectivity index (χ2n) is 2.80. The van der Waals surface area contributed by atoms with Crippen LogP contribution < -0.4 is 0 Å². The molecule has 9 heavy (non-hydrogen) atoms. The topological polar surface area (TPSA) is 20.3 Å². The molecule has 1 fully saturated rings. The zero-order chi connectivity index (χ0) is 6.85. The lowest BCUT2D eigenvalue weighted by Crippen LogP contribution is -2.31. The molecule has 1 aliphatic rings. The molecule has 2 heteroatoms. The second-order valence-corrected chi connectivity index (χ2v) is 2.80. The molecule has 0 saturated carbocycles. The number of aldehydes is 1. The minimum Gasteiger partial charge on any atom is -0.302 e. The maximum atomic E-state index is 10.3. The highest BCUT2D eigenvalue weighted by molar-refractivity contribution is 5.58. The average molecular weight is 127 g/mol. The predicted molar refractivity (Wildman–Crippen MR) is 36.3 cm³/mol. The number of carbonyl (C=O) groups is 1. The minimum atomic E-state index is 0.194. The van der Waals surface area contributed by atoms with E-state index in [0.717, 1.165) is 12.7 Å². The van der Waals surface area contributed by atoms with E-state index >= 15 is 0 Å². The van der Waals surface area contributed by atoms with Crippen molar-refractivity contribution in [2.75, 3.05) is 7.05 Å². The molecule has 1 saturated heterocycles. The molecule has 52 valence electrons. The molecule has 1 rings (SSSR count). The molecular weight excluding hydrogens is 114 g/mol. The molecule has 2 unspecified atom stereocenters. The molecule has 0 aliphatic carbocycles. The highest BCUT2D eigenvalue weighted by Gasteiger charge is 2.25. The normalized spacial score (nSPS) is 37.1. The van der Waals surface area contributed by atoms with Gasteiger partial charge in [0.05, 0.1) is 6.04 Å². The van der Waals surface area contributed by atoms with Crippen LogP contribution in [0.5, 0.6) is 0 Å². The molecule has 1 aliphatic heterocycles. The molecule has 0 radical (unpaired) electrons. The fraction of sp³-hybridized carbons (Fsp3) is 0.857. The lowest BCUT2D eigenvalue weighted by Gasteiger charge is -2.17. The van der Waals surface area contributed by atoms with Gasteiger partial charge in [0.25, 0.3) is 0 Å². The fourth-order valence-electron chi connectivity index (χ4n) is 1.31. The summed E-state index contributed by atoms with van der Waals surface area (Å²) in [6.45, 7) is 2.16. The summed E-state index contributed by atoms with van der Waals surface area (Å²) >= 11 is 0. The van der Waals surface area contributed by atoms with E-state index in [4.69, 9.17) is 0 Å². The third-order valence-corrected chi connectivity index (χ3v) is 2.26. The van der Waals surface area contributed by atoms with E-state index < -0.39 is 0 Å². The van der Waals surface area contributed by atoms with Gasteiger partial charge in [-0.05, 0) is 26.8 Å². The van der Waals surface area contributed by atoms with Crippen LogP contribution >= 0.6 is 0 Å². The Labute approximate surface area is 55.8 Å². The number of carbonyl (C=O) groups excluding carboxylic acids is 1. The fourth-order valence-corrected chi connectivity index (χ4v) is 1.31. The Balaban J connectivity index is 2.50. The number of hydrogen-bond acceptors (Lipinski definition) is 2. The predicted octanol–water partition coefficient (Wildman–Crippen LogP) is 0.668. The smallest absolute Gasteiger partial charge is 0.137 e. The van der Waals surface area contributed by atoms with Crippen molar-refractivity contribution in [2.45, 2.75) is 31.8 Å². The first-order chi connectivity index (χ1) is 4.25. The zero-order valence-electron chi connectivity index (χ0n) is 6.00. The molecule has 0 bridgehead atoms. The molecule has 0 aromatic rings. The summed E-state index contributed by atoms with van der Waals surface area (Å²) in [5, 5.41) is 0. The van der Waals surface area contributed by atoms with Gasteiger partial charge >= 0.3 is 0 Å². The van der Waals surface area contributed by atoms with Gasteiger partial charge in [0.15, 0.2) is 0 Å². The Bertz CT molecular complexity index is 113. The summed E-state index contributed by atoms with van der Waals surface area (Å²) in [6.07, 6.45) is 3.25. The molecule has 1 heterocycles. The molecule has 0 N–H and O–H groups in total. The molecule has 2 atom stereocenters. The van der Waals surface area contributed by atoms with Crippen molar-refractivity contribution in [3.63, 3.8) is 0 Å². The van der Waals surface area contributed by atoms with Crippen LogP contribution in [-0.4, -0.2) is 30.3 Å². The summed E-state index contributed by atoms with van der Waals surface area (Å²) in [5.74, 6) is 0. The van der Waals surface area contributed by atoms with E-state index in [1.165, 1.54) is 6.42 Å². The van der Waals surface area contributed by atoms with Crippen LogP contribution in [-0.2, 0) is 4.79 Å². The summed E-state index contributed by atoms with van der Waals surface area (Å²) < 4.78 is 0. The third-order valence-electron chi connectivity index (χ3n) is 2.26. The van der Waals surface area contributed by atoms with E-state index in [-0.39, 0.29) is 6.04 Å². The second kappa shape index (κ2) is 2.48. The maximum absolute atomic E-state index is 10.3. The van der Waals surface area contributed by atoms with Crippen LogP contribution in [0.2, 0.25) is 0 Å². The number of nitrogens with zero attached hydrogens (tertiary/aromatic N) is 1. The Hall–Kier alpha value is -0.370.